The highest BCUT2D eigenvalue weighted by atomic mass is 35.5. The Balaban J connectivity index is 1.93. The van der Waals surface area contributed by atoms with Gasteiger partial charge in [0.2, 0.25) is 0 Å². The Kier molecular flexibility index (Phi) is 4.57. The van der Waals surface area contributed by atoms with Gasteiger partial charge in [-0.3, -0.25) is 4.79 Å². The lowest BCUT2D eigenvalue weighted by atomic mass is 10.2. The molecule has 0 aliphatic heterocycles. The molecule has 1 amide bonds. The van der Waals surface area contributed by atoms with Gasteiger partial charge in [-0.1, -0.05) is 23.4 Å². The lowest BCUT2D eigenvalue weighted by molar-refractivity contribution is 0.0950. The quantitative estimate of drug-likeness (QED) is 0.882. The fourth-order valence-corrected chi connectivity index (χ4v) is 2.42. The average molecular weight is 300 g/mol. The van der Waals surface area contributed by atoms with Gasteiger partial charge < -0.3 is 5.32 Å². The molecule has 0 fully saturated rings. The molecule has 0 spiro atoms. The van der Waals surface area contributed by atoms with E-state index in [1.165, 1.54) is 23.3 Å². The predicted molar refractivity (Wildman–Crippen MR) is 74.3 cm³/mol. The highest BCUT2D eigenvalue weighted by molar-refractivity contribution is 8.00. The highest BCUT2D eigenvalue weighted by Gasteiger charge is 2.07. The molecule has 1 aromatic heterocycles. The Hall–Kier alpha value is -1.11. The van der Waals surface area contributed by atoms with Crippen molar-refractivity contribution in [2.45, 2.75) is 10.9 Å². The SMILES string of the molecule is CSc1nc(CNC(=O)c2ccc(Cl)cc2)ns1. The third-order valence-electron chi connectivity index (χ3n) is 2.14. The first-order valence-electron chi connectivity index (χ1n) is 5.09. The second kappa shape index (κ2) is 6.17. The van der Waals surface area contributed by atoms with Crippen LogP contribution in [0.5, 0.6) is 0 Å². The molecule has 1 heterocycles. The van der Waals surface area contributed by atoms with Gasteiger partial charge in [0, 0.05) is 10.6 Å². The molecule has 1 aromatic carbocycles. The van der Waals surface area contributed by atoms with E-state index >= 15 is 0 Å². The Morgan fingerprint density at radius 1 is 1.44 bits per heavy atom. The number of nitrogens with zero attached hydrogens (tertiary/aromatic N) is 2. The molecule has 1 N–H and O–H groups in total. The molecule has 18 heavy (non-hydrogen) atoms. The van der Waals surface area contributed by atoms with Crippen LogP contribution in [0.25, 0.3) is 0 Å². The lowest BCUT2D eigenvalue weighted by Gasteiger charge is -2.02. The van der Waals surface area contributed by atoms with Gasteiger partial charge >= 0.3 is 0 Å². The summed E-state index contributed by atoms with van der Waals surface area (Å²) >= 11 is 8.63. The monoisotopic (exact) mass is 299 g/mol. The minimum atomic E-state index is -0.160. The van der Waals surface area contributed by atoms with Crippen LogP contribution >= 0.6 is 34.9 Å². The van der Waals surface area contributed by atoms with E-state index in [4.69, 9.17) is 11.6 Å². The number of benzene rings is 1. The van der Waals surface area contributed by atoms with Crippen LogP contribution in [0.3, 0.4) is 0 Å². The number of halogens is 1. The van der Waals surface area contributed by atoms with Crippen molar-refractivity contribution in [3.8, 4) is 0 Å². The van der Waals surface area contributed by atoms with Gasteiger partial charge in [0.25, 0.3) is 5.91 Å². The predicted octanol–water partition coefficient (Wildman–Crippen LogP) is 2.84. The fraction of sp³-hybridized carbons (Fsp3) is 0.182. The Morgan fingerprint density at radius 2 is 2.17 bits per heavy atom. The van der Waals surface area contributed by atoms with E-state index in [1.807, 2.05) is 6.26 Å². The summed E-state index contributed by atoms with van der Waals surface area (Å²) < 4.78 is 5.03. The summed E-state index contributed by atoms with van der Waals surface area (Å²) in [5.74, 6) is 0.471. The minimum Gasteiger partial charge on any atom is -0.345 e. The fourth-order valence-electron chi connectivity index (χ4n) is 1.26. The molecule has 0 aliphatic rings. The molecule has 0 bridgehead atoms. The Bertz CT molecular complexity index is 541. The van der Waals surface area contributed by atoms with Crippen molar-refractivity contribution in [2.75, 3.05) is 6.26 Å². The zero-order valence-corrected chi connectivity index (χ0v) is 11.9. The van der Waals surface area contributed by atoms with E-state index in [0.717, 1.165) is 4.34 Å². The highest BCUT2D eigenvalue weighted by Crippen LogP contribution is 2.16. The summed E-state index contributed by atoms with van der Waals surface area (Å²) in [4.78, 5) is 16.0. The standard InChI is InChI=1S/C11H10ClN3OS2/c1-17-11-14-9(15-18-11)6-13-10(16)7-2-4-8(12)5-3-7/h2-5H,6H2,1H3,(H,13,16). The number of nitrogens with one attached hydrogen (secondary N) is 1. The van der Waals surface area contributed by atoms with Crippen molar-refractivity contribution < 1.29 is 4.79 Å². The molecular formula is C11H10ClN3OS2. The molecule has 2 rings (SSSR count). The molecule has 2 aromatic rings. The third kappa shape index (κ3) is 3.44. The lowest BCUT2D eigenvalue weighted by Crippen LogP contribution is -2.23. The first-order chi connectivity index (χ1) is 8.69. The van der Waals surface area contributed by atoms with Crippen molar-refractivity contribution in [3.63, 3.8) is 0 Å². The van der Waals surface area contributed by atoms with Crippen LogP contribution in [0.15, 0.2) is 28.6 Å². The number of carbonyl (C=O) groups is 1. The number of carbonyl (C=O) groups excluding carboxylic acids is 1. The molecule has 7 heteroatoms. The van der Waals surface area contributed by atoms with Crippen molar-refractivity contribution in [2.24, 2.45) is 0 Å². The van der Waals surface area contributed by atoms with Crippen LogP contribution < -0.4 is 5.32 Å². The van der Waals surface area contributed by atoms with Gasteiger partial charge in [-0.2, -0.15) is 4.37 Å². The molecule has 0 saturated carbocycles. The number of aromatic nitrogens is 2. The topological polar surface area (TPSA) is 54.9 Å². The van der Waals surface area contributed by atoms with Gasteiger partial charge in [0.1, 0.15) is 0 Å². The van der Waals surface area contributed by atoms with Gasteiger partial charge in [-0.05, 0) is 42.1 Å². The smallest absolute Gasteiger partial charge is 0.251 e. The van der Waals surface area contributed by atoms with Crippen LogP contribution in [0.2, 0.25) is 5.02 Å². The summed E-state index contributed by atoms with van der Waals surface area (Å²) in [6.07, 6.45) is 1.94. The normalized spacial score (nSPS) is 10.3. The van der Waals surface area contributed by atoms with Crippen LogP contribution in [-0.2, 0) is 6.54 Å². The maximum atomic E-state index is 11.8. The van der Waals surface area contributed by atoms with Crippen LogP contribution in [-0.4, -0.2) is 21.5 Å². The second-order valence-corrected chi connectivity index (χ2v) is 5.61. The maximum absolute atomic E-state index is 11.8. The molecule has 94 valence electrons. The third-order valence-corrected chi connectivity index (χ3v) is 4.10. The van der Waals surface area contributed by atoms with Crippen LogP contribution in [0, 0.1) is 0 Å². The summed E-state index contributed by atoms with van der Waals surface area (Å²) in [5, 5.41) is 3.37. The number of amides is 1. The van der Waals surface area contributed by atoms with E-state index in [1.54, 1.807) is 24.3 Å². The van der Waals surface area contributed by atoms with Gasteiger partial charge in [0.15, 0.2) is 10.2 Å². The van der Waals surface area contributed by atoms with Gasteiger partial charge in [-0.25, -0.2) is 4.98 Å². The van der Waals surface area contributed by atoms with Crippen LogP contribution in [0.1, 0.15) is 16.2 Å². The summed E-state index contributed by atoms with van der Waals surface area (Å²) in [6, 6.07) is 6.73. The van der Waals surface area contributed by atoms with Gasteiger partial charge in [0.05, 0.1) is 6.54 Å². The van der Waals surface area contributed by atoms with E-state index < -0.39 is 0 Å². The Morgan fingerprint density at radius 3 is 2.78 bits per heavy atom. The van der Waals surface area contributed by atoms with Crippen molar-refractivity contribution in [1.29, 1.82) is 0 Å². The summed E-state index contributed by atoms with van der Waals surface area (Å²) in [7, 11) is 0. The van der Waals surface area contributed by atoms with E-state index in [0.29, 0.717) is 23.0 Å². The van der Waals surface area contributed by atoms with E-state index in [9.17, 15) is 4.79 Å². The van der Waals surface area contributed by atoms with Gasteiger partial charge in [-0.15, -0.1) is 0 Å². The molecule has 0 aliphatic carbocycles. The number of thioether (sulfide) groups is 1. The Labute approximate surface area is 118 Å². The maximum Gasteiger partial charge on any atom is 0.251 e. The van der Waals surface area contributed by atoms with E-state index in [2.05, 4.69) is 14.7 Å². The summed E-state index contributed by atoms with van der Waals surface area (Å²) in [5.41, 5.74) is 0.569. The van der Waals surface area contributed by atoms with E-state index in [-0.39, 0.29) is 5.91 Å². The zero-order valence-electron chi connectivity index (χ0n) is 9.51. The first-order valence-corrected chi connectivity index (χ1v) is 7.47. The second-order valence-electron chi connectivity index (χ2n) is 3.37. The number of hydrogen-bond donors (Lipinski definition) is 1. The van der Waals surface area contributed by atoms with Crippen molar-refractivity contribution in [1.82, 2.24) is 14.7 Å². The molecule has 0 atom stereocenters. The van der Waals surface area contributed by atoms with Crippen molar-refractivity contribution >= 4 is 40.8 Å². The number of hydrogen-bond acceptors (Lipinski definition) is 5. The van der Waals surface area contributed by atoms with Crippen LogP contribution in [0.4, 0.5) is 0 Å². The largest absolute Gasteiger partial charge is 0.345 e. The molecule has 0 unspecified atom stereocenters. The van der Waals surface area contributed by atoms with Crippen molar-refractivity contribution in [3.05, 3.63) is 40.7 Å². The molecule has 0 radical (unpaired) electrons. The first kappa shape index (κ1) is 13.3. The summed E-state index contributed by atoms with van der Waals surface area (Å²) in [6.45, 7) is 0.332. The number of rotatable bonds is 4. The molecule has 0 saturated heterocycles. The minimum absolute atomic E-state index is 0.160. The molecular weight excluding hydrogens is 290 g/mol. The average Bonchev–Trinajstić information content (AvgIpc) is 2.85. The molecule has 4 nitrogen and oxygen atoms in total. The zero-order chi connectivity index (χ0) is 13.0.